The van der Waals surface area contributed by atoms with Crippen LogP contribution in [0.3, 0.4) is 0 Å². The zero-order valence-electron chi connectivity index (χ0n) is 28.6. The summed E-state index contributed by atoms with van der Waals surface area (Å²) in [4.78, 5) is 13.5. The van der Waals surface area contributed by atoms with Gasteiger partial charge < -0.3 is 23.7 Å². The highest BCUT2D eigenvalue weighted by Gasteiger charge is 2.55. The van der Waals surface area contributed by atoms with E-state index in [4.69, 9.17) is 28.7 Å². The molecule has 1 fully saturated rings. The zero-order valence-corrected chi connectivity index (χ0v) is 31.6. The van der Waals surface area contributed by atoms with Crippen LogP contribution < -0.4 is 5.73 Å². The molecule has 0 aromatic carbocycles. The molecule has 0 bridgehead atoms. The molecule has 2 aromatic rings. The Labute approximate surface area is 251 Å². The molecule has 0 amide bonds. The molecule has 12 heteroatoms. The minimum atomic E-state index is -2.27. The number of fused-ring (bicyclic) bond motifs is 1. The van der Waals surface area contributed by atoms with Crippen molar-refractivity contribution in [3.05, 3.63) is 12.2 Å². The van der Waals surface area contributed by atoms with E-state index in [9.17, 15) is 0 Å². The van der Waals surface area contributed by atoms with Gasteiger partial charge in [-0.25, -0.2) is 15.0 Å². The molecule has 3 heterocycles. The number of anilines is 1. The lowest BCUT2D eigenvalue weighted by atomic mass is 10.1. The second-order valence-corrected chi connectivity index (χ2v) is 30.6. The summed E-state index contributed by atoms with van der Waals surface area (Å²) in [6.45, 7) is 36.5. The highest BCUT2D eigenvalue weighted by Crippen LogP contribution is 2.47. The highest BCUT2D eigenvalue weighted by atomic mass is 28.4. The number of aryl methyl sites for hydroxylation is 1. The van der Waals surface area contributed by atoms with Gasteiger partial charge in [-0.1, -0.05) is 62.3 Å². The van der Waals surface area contributed by atoms with Crippen LogP contribution in [-0.2, 0) is 18.0 Å². The van der Waals surface area contributed by atoms with Gasteiger partial charge in [0, 0.05) is 0 Å². The molecule has 1 saturated heterocycles. The molecule has 0 spiro atoms. The topological polar surface area (TPSA) is 107 Å². The van der Waals surface area contributed by atoms with Crippen molar-refractivity contribution in [1.29, 1.82) is 0 Å². The number of hydrogen-bond acceptors (Lipinski definition) is 8. The van der Waals surface area contributed by atoms with E-state index in [0.717, 1.165) is 5.82 Å². The minimum Gasteiger partial charge on any atom is -0.414 e. The molecule has 3 rings (SSSR count). The molecule has 9 nitrogen and oxygen atoms in total. The Morgan fingerprint density at radius 1 is 0.805 bits per heavy atom. The van der Waals surface area contributed by atoms with Gasteiger partial charge >= 0.3 is 0 Å². The van der Waals surface area contributed by atoms with E-state index in [0.29, 0.717) is 23.6 Å². The molecule has 0 aliphatic carbocycles. The Morgan fingerprint density at radius 3 is 1.78 bits per heavy atom. The summed E-state index contributed by atoms with van der Waals surface area (Å²) < 4.78 is 30.4. The summed E-state index contributed by atoms with van der Waals surface area (Å²) in [6.07, 6.45) is -0.0586. The molecular weight excluding hydrogens is 567 g/mol. The summed E-state index contributed by atoms with van der Waals surface area (Å²) >= 11 is 0. The van der Waals surface area contributed by atoms with E-state index in [2.05, 4.69) is 112 Å². The lowest BCUT2D eigenvalue weighted by Gasteiger charge is -2.44. The quantitative estimate of drug-likeness (QED) is 0.303. The Bertz CT molecular complexity index is 1230. The van der Waals surface area contributed by atoms with Crippen LogP contribution in [0.5, 0.6) is 0 Å². The first-order valence-electron chi connectivity index (χ1n) is 14.9. The predicted molar refractivity (Wildman–Crippen MR) is 176 cm³/mol. The average Bonchev–Trinajstić information content (AvgIpc) is 3.27. The normalized spacial score (nSPS) is 23.5. The minimum absolute atomic E-state index is 0.00650. The van der Waals surface area contributed by atoms with Crippen LogP contribution in [0, 0.1) is 6.92 Å². The van der Waals surface area contributed by atoms with Crippen LogP contribution in [0.15, 0.2) is 6.33 Å². The van der Waals surface area contributed by atoms with Crippen molar-refractivity contribution in [2.24, 2.45) is 0 Å². The van der Waals surface area contributed by atoms with Crippen molar-refractivity contribution < 1.29 is 18.0 Å². The lowest BCUT2D eigenvalue weighted by Crippen LogP contribution is -2.54. The Kier molecular flexibility index (Phi) is 9.28. The smallest absolute Gasteiger partial charge is 0.192 e. The van der Waals surface area contributed by atoms with Crippen molar-refractivity contribution in [3.8, 4) is 0 Å². The zero-order chi connectivity index (χ0) is 31.6. The van der Waals surface area contributed by atoms with Gasteiger partial charge in [-0.2, -0.15) is 0 Å². The van der Waals surface area contributed by atoms with Crippen molar-refractivity contribution in [2.45, 2.75) is 148 Å². The predicted octanol–water partition coefficient (Wildman–Crippen LogP) is 7.42. The van der Waals surface area contributed by atoms with Crippen LogP contribution in [0.4, 0.5) is 5.82 Å². The van der Waals surface area contributed by atoms with Crippen molar-refractivity contribution in [1.82, 2.24) is 19.5 Å². The second-order valence-electron chi connectivity index (χ2n) is 16.3. The lowest BCUT2D eigenvalue weighted by molar-refractivity contribution is -0.0479. The molecular formula is C29H57N5O4Si3. The first-order valence-corrected chi connectivity index (χ1v) is 23.6. The molecule has 2 aromatic heterocycles. The number of nitrogens with zero attached hydrogens (tertiary/aromatic N) is 4. The number of nitrogen functional groups attached to an aromatic ring is 1. The highest BCUT2D eigenvalue weighted by molar-refractivity contribution is 6.75. The van der Waals surface area contributed by atoms with Gasteiger partial charge in [0.2, 0.25) is 0 Å². The Morgan fingerprint density at radius 2 is 1.29 bits per heavy atom. The molecule has 2 N–H and O–H groups in total. The fourth-order valence-electron chi connectivity index (χ4n) is 4.20. The number of aromatic nitrogens is 4. The van der Waals surface area contributed by atoms with Crippen LogP contribution in [0.25, 0.3) is 11.2 Å². The van der Waals surface area contributed by atoms with Crippen molar-refractivity contribution in [3.63, 3.8) is 0 Å². The van der Waals surface area contributed by atoms with Crippen LogP contribution in [0.1, 0.15) is 74.4 Å². The molecule has 4 atom stereocenters. The van der Waals surface area contributed by atoms with E-state index in [1.807, 2.05) is 11.5 Å². The first-order chi connectivity index (χ1) is 18.3. The van der Waals surface area contributed by atoms with E-state index in [-0.39, 0.29) is 33.4 Å². The number of hydrogen-bond donors (Lipinski definition) is 1. The van der Waals surface area contributed by atoms with Gasteiger partial charge in [0.15, 0.2) is 48.2 Å². The Balaban J connectivity index is 2.20. The summed E-state index contributed by atoms with van der Waals surface area (Å²) in [6, 6.07) is 0. The van der Waals surface area contributed by atoms with Crippen LogP contribution in [0.2, 0.25) is 54.4 Å². The van der Waals surface area contributed by atoms with E-state index >= 15 is 0 Å². The first kappa shape index (κ1) is 34.3. The van der Waals surface area contributed by atoms with E-state index in [1.54, 1.807) is 0 Å². The van der Waals surface area contributed by atoms with Gasteiger partial charge in [-0.3, -0.25) is 4.57 Å². The van der Waals surface area contributed by atoms with Gasteiger partial charge in [-0.15, -0.1) is 0 Å². The van der Waals surface area contributed by atoms with E-state index < -0.39 is 31.2 Å². The fourth-order valence-corrected chi connectivity index (χ4v) is 7.82. The van der Waals surface area contributed by atoms with Gasteiger partial charge in [0.25, 0.3) is 0 Å². The van der Waals surface area contributed by atoms with E-state index in [1.165, 1.54) is 6.33 Å². The third-order valence-electron chi connectivity index (χ3n) is 10.1. The maximum absolute atomic E-state index is 7.28. The van der Waals surface area contributed by atoms with Gasteiger partial charge in [-0.05, 0) is 61.3 Å². The standard InChI is InChI=1S/C29H57N5O4Si3/c1-19-33-21-24(30)31-18-32-25(21)34(19)26-23(38-41(15,16)29(8,9)10)22(37-40(13,14)28(5,6)7)20(36-26)17-35-39(11,12)27(2,3)4/h18,20,22-23,26H,17H2,1-16H3,(H2,30,31,32). The Hall–Kier alpha value is -1.16. The van der Waals surface area contributed by atoms with Crippen molar-refractivity contribution in [2.75, 3.05) is 12.3 Å². The second kappa shape index (κ2) is 11.1. The fraction of sp³-hybridized carbons (Fsp3) is 0.828. The molecule has 1 aliphatic rings. The molecule has 4 unspecified atom stereocenters. The molecule has 41 heavy (non-hydrogen) atoms. The third-order valence-corrected chi connectivity index (χ3v) is 23.6. The average molecular weight is 624 g/mol. The summed E-state index contributed by atoms with van der Waals surface area (Å²) in [5, 5.41) is 0.0770. The number of nitrogens with two attached hydrogens (primary N) is 1. The summed E-state index contributed by atoms with van der Waals surface area (Å²) in [5.41, 5.74) is 7.44. The van der Waals surface area contributed by atoms with Crippen LogP contribution in [-0.4, -0.2) is 69.4 Å². The molecule has 0 saturated carbocycles. The maximum atomic E-state index is 7.28. The molecule has 234 valence electrons. The maximum Gasteiger partial charge on any atom is 0.192 e. The van der Waals surface area contributed by atoms with Gasteiger partial charge in [0.1, 0.15) is 30.5 Å². The summed E-state index contributed by atoms with van der Waals surface area (Å²) in [7, 11) is -6.57. The summed E-state index contributed by atoms with van der Waals surface area (Å²) in [5.74, 6) is 1.10. The largest absolute Gasteiger partial charge is 0.414 e. The van der Waals surface area contributed by atoms with Crippen molar-refractivity contribution >= 4 is 41.9 Å². The third kappa shape index (κ3) is 6.83. The number of rotatable bonds is 8. The SMILES string of the molecule is Cc1nc2c(N)ncnc2n1C1OC(CO[Si](C)(C)C(C)(C)C)C(O[Si](C)(C)C(C)(C)C)C1O[Si](C)(C)C(C)(C)C. The number of ether oxygens (including phenoxy) is 1. The number of imidazole rings is 1. The van der Waals surface area contributed by atoms with Gasteiger partial charge in [0.05, 0.1) is 6.61 Å². The monoisotopic (exact) mass is 623 g/mol. The molecule has 0 radical (unpaired) electrons. The molecule has 1 aliphatic heterocycles. The van der Waals surface area contributed by atoms with Crippen LogP contribution >= 0.6 is 0 Å².